The summed E-state index contributed by atoms with van der Waals surface area (Å²) in [6.45, 7) is 29.7. The zero-order valence-corrected chi connectivity index (χ0v) is 62.0. The molecule has 90 heavy (non-hydrogen) atoms. The van der Waals surface area contributed by atoms with Crippen molar-refractivity contribution in [3.8, 4) is 0 Å². The first kappa shape index (κ1) is 77.7. The third kappa shape index (κ3) is 28.8. The maximum atomic E-state index is 3.97. The summed E-state index contributed by atoms with van der Waals surface area (Å²) in [6.07, 6.45) is 93.7. The number of unbranched alkanes of at least 4 members (excludes halogenated alkanes) is 5. The molecule has 0 heteroatoms. The van der Waals surface area contributed by atoms with Gasteiger partial charge in [0, 0.05) is 14.3 Å². The molecule has 10 rings (SSSR count). The fourth-order valence-corrected chi connectivity index (χ4v) is 21.6. The van der Waals surface area contributed by atoms with E-state index in [4.69, 9.17) is 0 Å². The average Bonchev–Trinajstić information content (AvgIpc) is 0.895. The van der Waals surface area contributed by atoms with E-state index in [1.807, 2.05) is 0 Å². The van der Waals surface area contributed by atoms with Gasteiger partial charge in [-0.3, -0.25) is 0 Å². The van der Waals surface area contributed by atoms with Crippen molar-refractivity contribution in [1.29, 1.82) is 0 Å². The van der Waals surface area contributed by atoms with E-state index in [0.717, 1.165) is 118 Å². The van der Waals surface area contributed by atoms with Gasteiger partial charge in [-0.1, -0.05) is 225 Å². The fraction of sp³-hybridized carbons (Fsp3) is 0.889. The van der Waals surface area contributed by atoms with Crippen LogP contribution in [0.5, 0.6) is 0 Å². The van der Waals surface area contributed by atoms with Gasteiger partial charge in [0.05, 0.1) is 0 Å². The van der Waals surface area contributed by atoms with Crippen molar-refractivity contribution in [2.75, 3.05) is 0 Å². The van der Waals surface area contributed by atoms with Gasteiger partial charge in [0.25, 0.3) is 0 Å². The highest BCUT2D eigenvalue weighted by molar-refractivity contribution is 4.94. The van der Waals surface area contributed by atoms with Crippen LogP contribution in [0.1, 0.15) is 403 Å². The maximum Gasteiger partial charge on any atom is 0 e. The summed E-state index contributed by atoms with van der Waals surface area (Å²) >= 11 is 0. The molecule has 0 atom stereocenters. The highest BCUT2D eigenvalue weighted by atomic mass is 14.4. The van der Waals surface area contributed by atoms with Crippen LogP contribution in [-0.2, 0) is 0 Å². The molecule has 0 saturated heterocycles. The molecule has 540 valence electrons. The molecule has 0 heterocycles. The van der Waals surface area contributed by atoms with Gasteiger partial charge in [-0.25, -0.2) is 0 Å². The summed E-state index contributed by atoms with van der Waals surface area (Å²) in [7, 11) is 0. The molecule has 0 N–H and O–H groups in total. The molecule has 0 aliphatic heterocycles. The zero-order valence-electron chi connectivity index (χ0n) is 62.0. The highest BCUT2D eigenvalue weighted by Crippen LogP contribution is 2.48. The summed E-state index contributed by atoms with van der Waals surface area (Å²) in [6, 6.07) is 0. The third-order valence-electron chi connectivity index (χ3n) is 28.3. The lowest BCUT2D eigenvalue weighted by molar-refractivity contribution is 0.151. The standard InChI is InChI=1S/C20H36.C19H34.C18H32.C17H30.C16H28.10H2/c1-3-5-6-8-18-11-15-20(16-12-18)19-13-9-17(7-4-2)10-14-19;1-3-5-6-7-17-10-14-19(15-11-17)18-12-8-16(4-2)9-13-18;1-3-5-6-16-9-13-18(14-10-16)17-11-7-15(4-2)8-12-17;1-3-5-15-8-12-17(13-9-15)16-10-6-14(4-2)7-11-16;1-3-13-5-9-15(10-6-13)16-11-7-14(4-2)8-12-16;;;;;;;;;;/h4,7,17-20H,3,5-6,8-16H2,1-2H3;4,16-19H,2-3,5-15H2,1H3;4,15-18H,2-3,5-14H2,1H3;4,14-17H,2-3,5-13H2,1H3;3,13-16H,1,4-12H2,2H3;10*1H/b7-4+;;;;;;;;;;;;;;. The maximum absolute atomic E-state index is 3.97. The van der Waals surface area contributed by atoms with Gasteiger partial charge in [0.15, 0.2) is 0 Å². The minimum Gasteiger partial charge on any atom is -0.103 e. The molecule has 0 aromatic heterocycles. The van der Waals surface area contributed by atoms with Crippen LogP contribution in [0.4, 0.5) is 0 Å². The van der Waals surface area contributed by atoms with Gasteiger partial charge < -0.3 is 0 Å². The zero-order chi connectivity index (χ0) is 64.0. The van der Waals surface area contributed by atoms with Crippen molar-refractivity contribution in [2.24, 2.45) is 118 Å². The van der Waals surface area contributed by atoms with Crippen LogP contribution in [-0.4, -0.2) is 0 Å². The third-order valence-corrected chi connectivity index (χ3v) is 28.3. The van der Waals surface area contributed by atoms with Gasteiger partial charge in [-0.05, 0) is 318 Å². The molecule has 0 nitrogen and oxygen atoms in total. The smallest absolute Gasteiger partial charge is 0 e. The Bertz CT molecular complexity index is 1800. The van der Waals surface area contributed by atoms with Crippen LogP contribution in [0.3, 0.4) is 0 Å². The molecular formula is C90H180. The lowest BCUT2D eigenvalue weighted by atomic mass is 9.68. The number of rotatable bonds is 24. The first-order valence-corrected chi connectivity index (χ1v) is 42.3. The quantitative estimate of drug-likeness (QED) is 0.0667. The predicted molar refractivity (Wildman–Crippen MR) is 424 cm³/mol. The van der Waals surface area contributed by atoms with Gasteiger partial charge >= 0.3 is 0 Å². The Kier molecular flexibility index (Phi) is 40.4. The van der Waals surface area contributed by atoms with E-state index in [1.165, 1.54) is 308 Å². The molecule has 10 fully saturated rings. The molecule has 0 spiro atoms. The molecule has 0 aromatic rings. The van der Waals surface area contributed by atoms with Gasteiger partial charge in [0.2, 0.25) is 0 Å². The Morgan fingerprint density at radius 3 is 0.656 bits per heavy atom. The van der Waals surface area contributed by atoms with Crippen molar-refractivity contribution in [3.05, 3.63) is 62.8 Å². The van der Waals surface area contributed by atoms with Crippen LogP contribution in [0.25, 0.3) is 0 Å². The number of hydrogen-bond donors (Lipinski definition) is 0. The molecule has 0 unspecified atom stereocenters. The lowest BCUT2D eigenvalue weighted by Crippen LogP contribution is -2.25. The van der Waals surface area contributed by atoms with Crippen molar-refractivity contribution < 1.29 is 14.3 Å². The Labute approximate surface area is 581 Å². The van der Waals surface area contributed by atoms with E-state index < -0.39 is 0 Å². The first-order chi connectivity index (χ1) is 44.2. The van der Waals surface area contributed by atoms with Gasteiger partial charge in [-0.15, -0.1) is 26.3 Å². The Hall–Kier alpha value is -1.30. The summed E-state index contributed by atoms with van der Waals surface area (Å²) < 4.78 is 0. The topological polar surface area (TPSA) is 0 Å². The van der Waals surface area contributed by atoms with Gasteiger partial charge in [0.1, 0.15) is 0 Å². The Morgan fingerprint density at radius 1 is 0.233 bits per heavy atom. The van der Waals surface area contributed by atoms with E-state index in [1.54, 1.807) is 38.5 Å². The van der Waals surface area contributed by atoms with Crippen LogP contribution in [0, 0.1) is 118 Å². The van der Waals surface area contributed by atoms with E-state index in [9.17, 15) is 0 Å². The normalized spacial score (nSPS) is 37.5. The predicted octanol–water partition coefficient (Wildman–Crippen LogP) is 32.3. The largest absolute Gasteiger partial charge is 0.103 e. The second-order valence-corrected chi connectivity index (χ2v) is 34.1. The van der Waals surface area contributed by atoms with E-state index in [-0.39, 0.29) is 14.3 Å². The van der Waals surface area contributed by atoms with Crippen molar-refractivity contribution in [3.63, 3.8) is 0 Å². The van der Waals surface area contributed by atoms with Gasteiger partial charge in [-0.2, -0.15) is 0 Å². The van der Waals surface area contributed by atoms with Crippen molar-refractivity contribution in [2.45, 2.75) is 388 Å². The van der Waals surface area contributed by atoms with Crippen LogP contribution in [0.15, 0.2) is 62.8 Å². The summed E-state index contributed by atoms with van der Waals surface area (Å²) in [5.41, 5.74) is 0. The summed E-state index contributed by atoms with van der Waals surface area (Å²) in [4.78, 5) is 0. The first-order valence-electron chi connectivity index (χ1n) is 42.3. The monoisotopic (exact) mass is 1260 g/mol. The average molecular weight is 1260 g/mol. The van der Waals surface area contributed by atoms with E-state index in [0.29, 0.717) is 0 Å². The molecular weight excluding hydrogens is 1080 g/mol. The number of allylic oxidation sites excluding steroid dienone is 6. The summed E-state index contributed by atoms with van der Waals surface area (Å²) in [5.74, 6) is 20.3. The SMILES string of the molecule is C/C=C/C1CCC(C2CCC(CCCCC)CC2)CC1.C=CC1CCC(C2CCC(CC)CC2)CC1.C=CC1CCC(C2CCC(CCC)CC2)CC1.C=CC1CCC(C2CCC(CCCC)CC2)CC1.C=CC1CCC(C2CCC(CCCCC)CC2)CC1.[HH].[HH].[HH].[HH].[HH].[HH].[HH].[HH].[HH].[HH]. The van der Waals surface area contributed by atoms with Crippen LogP contribution in [0.2, 0.25) is 0 Å². The molecule has 0 bridgehead atoms. The highest BCUT2D eigenvalue weighted by Gasteiger charge is 2.35. The van der Waals surface area contributed by atoms with Crippen molar-refractivity contribution in [1.82, 2.24) is 0 Å². The second-order valence-electron chi connectivity index (χ2n) is 34.1. The Morgan fingerprint density at radius 2 is 0.444 bits per heavy atom. The van der Waals surface area contributed by atoms with E-state index in [2.05, 4.69) is 104 Å². The Balaban J connectivity index is -0.000000367. The van der Waals surface area contributed by atoms with Crippen molar-refractivity contribution >= 4 is 0 Å². The molecule has 10 saturated carbocycles. The number of hydrogen-bond acceptors (Lipinski definition) is 0. The minimum absolute atomic E-state index is 0. The van der Waals surface area contributed by atoms with Crippen LogP contribution < -0.4 is 0 Å². The van der Waals surface area contributed by atoms with E-state index >= 15 is 0 Å². The fourth-order valence-electron chi connectivity index (χ4n) is 21.6. The summed E-state index contributed by atoms with van der Waals surface area (Å²) in [5, 5.41) is 0. The lowest BCUT2D eigenvalue weighted by Gasteiger charge is -2.37. The molecule has 10 aliphatic rings. The molecule has 0 amide bonds. The molecule has 0 radical (unpaired) electrons. The minimum atomic E-state index is 0. The second kappa shape index (κ2) is 46.8. The molecule has 0 aromatic carbocycles. The molecule has 10 aliphatic carbocycles. The van der Waals surface area contributed by atoms with Crippen LogP contribution >= 0.6 is 0 Å².